The Kier molecular flexibility index (Phi) is 3.91. The molecule has 0 aliphatic carbocycles. The quantitative estimate of drug-likeness (QED) is 0.768. The first-order chi connectivity index (χ1) is 6.76. The van der Waals surface area contributed by atoms with Crippen molar-refractivity contribution in [3.8, 4) is 0 Å². The lowest BCUT2D eigenvalue weighted by Crippen LogP contribution is -2.28. The maximum absolute atomic E-state index is 11.1. The minimum Gasteiger partial charge on any atom is -0.338 e. The standard InChI is InChI=1S/C10H15N3O/c1-3-8-5-6-12-9(7-8)13-10(14)11-4-2/h5-7H,3-4H2,1-2H3,(H2,11,12,13,14). The van der Waals surface area contributed by atoms with Gasteiger partial charge in [0.05, 0.1) is 0 Å². The maximum Gasteiger partial charge on any atom is 0.320 e. The number of aromatic nitrogens is 1. The molecule has 0 aromatic carbocycles. The molecule has 0 bridgehead atoms. The van der Waals surface area contributed by atoms with Gasteiger partial charge in [-0.2, -0.15) is 0 Å². The molecule has 1 aromatic rings. The number of carbonyl (C=O) groups excluding carboxylic acids is 1. The number of aryl methyl sites for hydroxylation is 1. The fourth-order valence-electron chi connectivity index (χ4n) is 1.08. The molecule has 0 radical (unpaired) electrons. The van der Waals surface area contributed by atoms with Crippen LogP contribution < -0.4 is 10.6 Å². The number of hydrogen-bond donors (Lipinski definition) is 2. The summed E-state index contributed by atoms with van der Waals surface area (Å²) >= 11 is 0. The number of hydrogen-bond acceptors (Lipinski definition) is 2. The summed E-state index contributed by atoms with van der Waals surface area (Å²) in [5.41, 5.74) is 1.16. The second-order valence-corrected chi connectivity index (χ2v) is 2.89. The van der Waals surface area contributed by atoms with Crippen LogP contribution in [-0.4, -0.2) is 17.6 Å². The number of pyridine rings is 1. The molecule has 0 saturated heterocycles. The van der Waals surface area contributed by atoms with Gasteiger partial charge in [-0.3, -0.25) is 5.32 Å². The molecule has 0 saturated carbocycles. The molecular formula is C10H15N3O. The number of anilines is 1. The van der Waals surface area contributed by atoms with E-state index < -0.39 is 0 Å². The van der Waals surface area contributed by atoms with Crippen molar-refractivity contribution in [3.63, 3.8) is 0 Å². The first-order valence-corrected chi connectivity index (χ1v) is 4.76. The van der Waals surface area contributed by atoms with E-state index in [0.717, 1.165) is 12.0 Å². The molecule has 1 rings (SSSR count). The first kappa shape index (κ1) is 10.5. The summed E-state index contributed by atoms with van der Waals surface area (Å²) in [4.78, 5) is 15.2. The SMILES string of the molecule is CCNC(=O)Nc1cc(CC)ccn1. The summed E-state index contributed by atoms with van der Waals surface area (Å²) in [6.45, 7) is 4.54. The molecule has 0 atom stereocenters. The molecule has 0 unspecified atom stereocenters. The van der Waals surface area contributed by atoms with E-state index >= 15 is 0 Å². The lowest BCUT2D eigenvalue weighted by atomic mass is 10.2. The van der Waals surface area contributed by atoms with Gasteiger partial charge in [0.25, 0.3) is 0 Å². The lowest BCUT2D eigenvalue weighted by Gasteiger charge is -2.05. The van der Waals surface area contributed by atoms with Crippen molar-refractivity contribution in [1.29, 1.82) is 0 Å². The topological polar surface area (TPSA) is 54.0 Å². The third-order valence-corrected chi connectivity index (χ3v) is 1.81. The van der Waals surface area contributed by atoms with Gasteiger partial charge in [0.15, 0.2) is 0 Å². The van der Waals surface area contributed by atoms with Crippen molar-refractivity contribution < 1.29 is 4.79 Å². The highest BCUT2D eigenvalue weighted by Gasteiger charge is 2.00. The molecule has 0 fully saturated rings. The van der Waals surface area contributed by atoms with Gasteiger partial charge in [-0.15, -0.1) is 0 Å². The molecule has 0 aliphatic heterocycles. The number of nitrogens with zero attached hydrogens (tertiary/aromatic N) is 1. The number of carbonyl (C=O) groups is 1. The Morgan fingerprint density at radius 3 is 2.93 bits per heavy atom. The summed E-state index contributed by atoms with van der Waals surface area (Å²) in [5.74, 6) is 0.593. The van der Waals surface area contributed by atoms with Crippen LogP contribution in [-0.2, 0) is 6.42 Å². The zero-order chi connectivity index (χ0) is 10.4. The maximum atomic E-state index is 11.1. The molecule has 0 aliphatic rings. The van der Waals surface area contributed by atoms with Crippen LogP contribution in [0.15, 0.2) is 18.3 Å². The Labute approximate surface area is 83.7 Å². The van der Waals surface area contributed by atoms with E-state index in [1.165, 1.54) is 0 Å². The van der Waals surface area contributed by atoms with Crippen LogP contribution in [0.1, 0.15) is 19.4 Å². The molecule has 1 heterocycles. The van der Waals surface area contributed by atoms with Crippen LogP contribution in [0.2, 0.25) is 0 Å². The van der Waals surface area contributed by atoms with Gasteiger partial charge in [-0.25, -0.2) is 9.78 Å². The third kappa shape index (κ3) is 3.05. The van der Waals surface area contributed by atoms with Crippen molar-refractivity contribution in [3.05, 3.63) is 23.9 Å². The first-order valence-electron chi connectivity index (χ1n) is 4.76. The van der Waals surface area contributed by atoms with E-state index in [0.29, 0.717) is 12.4 Å². The van der Waals surface area contributed by atoms with Crippen molar-refractivity contribution >= 4 is 11.8 Å². The number of urea groups is 1. The molecule has 1 aromatic heterocycles. The minimum atomic E-state index is -0.215. The Hall–Kier alpha value is -1.58. The van der Waals surface area contributed by atoms with Crippen LogP contribution in [0.4, 0.5) is 10.6 Å². The summed E-state index contributed by atoms with van der Waals surface area (Å²) in [7, 11) is 0. The molecule has 76 valence electrons. The number of nitrogens with one attached hydrogen (secondary N) is 2. The second kappa shape index (κ2) is 5.21. The summed E-state index contributed by atoms with van der Waals surface area (Å²) in [6, 6.07) is 3.59. The fourth-order valence-corrected chi connectivity index (χ4v) is 1.08. The average molecular weight is 193 g/mol. The highest BCUT2D eigenvalue weighted by atomic mass is 16.2. The smallest absolute Gasteiger partial charge is 0.320 e. The Morgan fingerprint density at radius 1 is 1.50 bits per heavy atom. The lowest BCUT2D eigenvalue weighted by molar-refractivity contribution is 0.252. The molecule has 2 N–H and O–H groups in total. The largest absolute Gasteiger partial charge is 0.338 e. The molecular weight excluding hydrogens is 178 g/mol. The number of rotatable bonds is 3. The Bertz CT molecular complexity index is 312. The van der Waals surface area contributed by atoms with Crippen molar-refractivity contribution in [2.75, 3.05) is 11.9 Å². The van der Waals surface area contributed by atoms with Gasteiger partial charge in [-0.1, -0.05) is 6.92 Å². The highest BCUT2D eigenvalue weighted by molar-refractivity contribution is 5.88. The highest BCUT2D eigenvalue weighted by Crippen LogP contribution is 2.06. The van der Waals surface area contributed by atoms with Gasteiger partial charge in [0.2, 0.25) is 0 Å². The van der Waals surface area contributed by atoms with E-state index in [9.17, 15) is 4.79 Å². The van der Waals surface area contributed by atoms with Gasteiger partial charge >= 0.3 is 6.03 Å². The molecule has 14 heavy (non-hydrogen) atoms. The van der Waals surface area contributed by atoms with E-state index in [2.05, 4.69) is 22.5 Å². The third-order valence-electron chi connectivity index (χ3n) is 1.81. The Balaban J connectivity index is 2.62. The zero-order valence-electron chi connectivity index (χ0n) is 8.50. The van der Waals surface area contributed by atoms with Crippen LogP contribution in [0.5, 0.6) is 0 Å². The molecule has 0 spiro atoms. The Morgan fingerprint density at radius 2 is 2.29 bits per heavy atom. The zero-order valence-corrected chi connectivity index (χ0v) is 8.50. The predicted molar refractivity (Wildman–Crippen MR) is 56.3 cm³/mol. The van der Waals surface area contributed by atoms with Gasteiger partial charge in [0, 0.05) is 12.7 Å². The number of amides is 2. The summed E-state index contributed by atoms with van der Waals surface area (Å²) in [5, 5.41) is 5.30. The molecule has 4 heteroatoms. The van der Waals surface area contributed by atoms with E-state index in [4.69, 9.17) is 0 Å². The van der Waals surface area contributed by atoms with Crippen LogP contribution in [0.3, 0.4) is 0 Å². The van der Waals surface area contributed by atoms with Crippen molar-refractivity contribution in [1.82, 2.24) is 10.3 Å². The van der Waals surface area contributed by atoms with E-state index in [1.54, 1.807) is 6.20 Å². The normalized spacial score (nSPS) is 9.57. The fraction of sp³-hybridized carbons (Fsp3) is 0.400. The average Bonchev–Trinajstić information content (AvgIpc) is 2.18. The van der Waals surface area contributed by atoms with Gasteiger partial charge < -0.3 is 5.32 Å². The van der Waals surface area contributed by atoms with E-state index in [1.807, 2.05) is 19.1 Å². The van der Waals surface area contributed by atoms with Crippen LogP contribution in [0.25, 0.3) is 0 Å². The van der Waals surface area contributed by atoms with E-state index in [-0.39, 0.29) is 6.03 Å². The minimum absolute atomic E-state index is 0.215. The van der Waals surface area contributed by atoms with Gasteiger partial charge in [-0.05, 0) is 31.0 Å². The van der Waals surface area contributed by atoms with Crippen molar-refractivity contribution in [2.45, 2.75) is 20.3 Å². The predicted octanol–water partition coefficient (Wildman–Crippen LogP) is 1.79. The monoisotopic (exact) mass is 193 g/mol. The van der Waals surface area contributed by atoms with Crippen LogP contribution >= 0.6 is 0 Å². The second-order valence-electron chi connectivity index (χ2n) is 2.89. The van der Waals surface area contributed by atoms with Crippen LogP contribution in [0, 0.1) is 0 Å². The molecule has 4 nitrogen and oxygen atoms in total. The van der Waals surface area contributed by atoms with Gasteiger partial charge in [0.1, 0.15) is 5.82 Å². The molecule has 2 amide bonds. The summed E-state index contributed by atoms with van der Waals surface area (Å²) in [6.07, 6.45) is 2.63. The summed E-state index contributed by atoms with van der Waals surface area (Å²) < 4.78 is 0. The van der Waals surface area contributed by atoms with Crippen molar-refractivity contribution in [2.24, 2.45) is 0 Å².